The molecule has 0 aliphatic heterocycles. The number of hydrogen-bond donors (Lipinski definition) is 0. The van der Waals surface area contributed by atoms with E-state index in [-0.39, 0.29) is 0 Å². The van der Waals surface area contributed by atoms with E-state index in [1.165, 1.54) is 70.3 Å². The molecule has 1 aliphatic rings. The van der Waals surface area contributed by atoms with E-state index in [4.69, 9.17) is 0 Å². The van der Waals surface area contributed by atoms with Gasteiger partial charge in [-0.25, -0.2) is 0 Å². The lowest BCUT2D eigenvalue weighted by Crippen LogP contribution is -1.96. The maximum Gasteiger partial charge on any atom is 0.0555 e. The van der Waals surface area contributed by atoms with Gasteiger partial charge in [0.1, 0.15) is 0 Å². The van der Waals surface area contributed by atoms with Crippen LogP contribution in [-0.4, -0.2) is 4.57 Å². The van der Waals surface area contributed by atoms with E-state index < -0.39 is 0 Å². The fraction of sp³-hybridized carbons (Fsp3) is 0.0556. The average Bonchev–Trinajstić information content (AvgIpc) is 3.53. The zero-order chi connectivity index (χ0) is 25.1. The molecule has 5 aromatic carbocycles. The van der Waals surface area contributed by atoms with Crippen LogP contribution in [0.25, 0.3) is 65.9 Å². The summed E-state index contributed by atoms with van der Waals surface area (Å²) in [5.74, 6) is 0. The van der Waals surface area contributed by atoms with Crippen molar-refractivity contribution in [2.24, 2.45) is 0 Å². The minimum atomic E-state index is 1.13. The Morgan fingerprint density at radius 2 is 1.26 bits per heavy atom. The number of para-hydroxylation sites is 1. The molecule has 0 N–H and O–H groups in total. The molecule has 2 heteroatoms. The summed E-state index contributed by atoms with van der Waals surface area (Å²) >= 11 is 1.95. The molecule has 0 radical (unpaired) electrons. The zero-order valence-corrected chi connectivity index (χ0v) is 21.7. The molecule has 0 atom stereocenters. The molecule has 1 nitrogen and oxygen atoms in total. The summed E-state index contributed by atoms with van der Waals surface area (Å²) in [6.07, 6.45) is 6.91. The number of aromatic nitrogens is 1. The maximum atomic E-state index is 2.47. The summed E-state index contributed by atoms with van der Waals surface area (Å²) in [5.41, 5.74) is 10.1. The van der Waals surface area contributed by atoms with E-state index >= 15 is 0 Å². The number of fused-ring (bicyclic) bond motifs is 7. The van der Waals surface area contributed by atoms with Crippen molar-refractivity contribution in [3.63, 3.8) is 0 Å². The quantitative estimate of drug-likeness (QED) is 0.226. The number of thiophene rings is 1. The van der Waals surface area contributed by atoms with Crippen LogP contribution in [0.3, 0.4) is 0 Å². The summed E-state index contributed by atoms with van der Waals surface area (Å²) in [4.78, 5) is 1.42. The van der Waals surface area contributed by atoms with E-state index in [0.29, 0.717) is 0 Å². The third-order valence-corrected chi connectivity index (χ3v) is 9.08. The molecule has 7 aromatic rings. The van der Waals surface area contributed by atoms with Crippen LogP contribution < -0.4 is 0 Å². The van der Waals surface area contributed by atoms with Gasteiger partial charge in [0.2, 0.25) is 0 Å². The summed E-state index contributed by atoms with van der Waals surface area (Å²) in [6, 6.07) is 42.1. The summed E-state index contributed by atoms with van der Waals surface area (Å²) < 4.78 is 3.88. The van der Waals surface area contributed by atoms with Crippen LogP contribution in [0.2, 0.25) is 0 Å². The molecule has 0 bridgehead atoms. The van der Waals surface area contributed by atoms with Gasteiger partial charge in [-0.05, 0) is 82.5 Å². The normalized spacial score (nSPS) is 12.9. The highest BCUT2D eigenvalue weighted by Gasteiger charge is 2.20. The Bertz CT molecular complexity index is 1950. The van der Waals surface area contributed by atoms with E-state index in [2.05, 4.69) is 132 Å². The molecule has 38 heavy (non-hydrogen) atoms. The average molecular weight is 504 g/mol. The first-order valence-corrected chi connectivity index (χ1v) is 14.1. The number of nitrogens with zero attached hydrogens (tertiary/aromatic N) is 1. The molecule has 8 rings (SSSR count). The molecule has 0 fully saturated rings. The third kappa shape index (κ3) is 3.31. The van der Waals surface area contributed by atoms with Crippen molar-refractivity contribution in [2.75, 3.05) is 0 Å². The SMILES string of the molecule is C1=Cc2sc3c(ccc4c3c3ccccc3n4-c3cc(-c4ccccc4)cc(-c4ccccc4)c3)c2CC1. The van der Waals surface area contributed by atoms with Gasteiger partial charge in [0.05, 0.1) is 11.0 Å². The molecule has 0 spiro atoms. The first kappa shape index (κ1) is 21.7. The van der Waals surface area contributed by atoms with Gasteiger partial charge in [0, 0.05) is 26.0 Å². The van der Waals surface area contributed by atoms with E-state index in [0.717, 1.165) is 12.8 Å². The molecular weight excluding hydrogens is 478 g/mol. The van der Waals surface area contributed by atoms with Gasteiger partial charge in [-0.2, -0.15) is 0 Å². The topological polar surface area (TPSA) is 4.93 Å². The molecule has 0 unspecified atom stereocenters. The van der Waals surface area contributed by atoms with Crippen molar-refractivity contribution in [3.05, 3.63) is 132 Å². The van der Waals surface area contributed by atoms with Crippen molar-refractivity contribution in [2.45, 2.75) is 12.8 Å². The molecule has 0 saturated carbocycles. The molecule has 180 valence electrons. The van der Waals surface area contributed by atoms with Crippen molar-refractivity contribution in [1.82, 2.24) is 4.57 Å². The minimum Gasteiger partial charge on any atom is -0.309 e. The zero-order valence-electron chi connectivity index (χ0n) is 20.9. The molecule has 0 amide bonds. The lowest BCUT2D eigenvalue weighted by atomic mass is 9.98. The number of allylic oxidation sites excluding steroid dienone is 1. The number of hydrogen-bond acceptors (Lipinski definition) is 1. The van der Waals surface area contributed by atoms with Gasteiger partial charge in [-0.3, -0.25) is 0 Å². The second-order valence-electron chi connectivity index (χ2n) is 10.1. The van der Waals surface area contributed by atoms with Crippen LogP contribution in [0.4, 0.5) is 0 Å². The highest BCUT2D eigenvalue weighted by atomic mass is 32.1. The van der Waals surface area contributed by atoms with Gasteiger partial charge in [-0.15, -0.1) is 11.3 Å². The number of rotatable bonds is 3. The Morgan fingerprint density at radius 3 is 2.00 bits per heavy atom. The Balaban J connectivity index is 1.47. The van der Waals surface area contributed by atoms with Gasteiger partial charge < -0.3 is 4.57 Å². The molecule has 0 saturated heterocycles. The van der Waals surface area contributed by atoms with Crippen molar-refractivity contribution < 1.29 is 0 Å². The molecule has 2 heterocycles. The maximum absolute atomic E-state index is 2.47. The number of aryl methyl sites for hydroxylation is 1. The lowest BCUT2D eigenvalue weighted by molar-refractivity contribution is 1.01. The fourth-order valence-corrected chi connectivity index (χ4v) is 7.44. The van der Waals surface area contributed by atoms with Crippen LogP contribution in [0.5, 0.6) is 0 Å². The number of benzene rings is 5. The van der Waals surface area contributed by atoms with Gasteiger partial charge in [0.25, 0.3) is 0 Å². The van der Waals surface area contributed by atoms with Crippen LogP contribution >= 0.6 is 11.3 Å². The summed E-state index contributed by atoms with van der Waals surface area (Å²) in [5, 5.41) is 4.12. The van der Waals surface area contributed by atoms with Crippen LogP contribution in [0.15, 0.2) is 121 Å². The van der Waals surface area contributed by atoms with Crippen LogP contribution in [0, 0.1) is 0 Å². The highest BCUT2D eigenvalue weighted by Crippen LogP contribution is 2.44. The van der Waals surface area contributed by atoms with Crippen molar-refractivity contribution in [1.29, 1.82) is 0 Å². The van der Waals surface area contributed by atoms with Gasteiger partial charge in [-0.1, -0.05) is 91.0 Å². The Hall–Kier alpha value is -4.40. The van der Waals surface area contributed by atoms with Crippen molar-refractivity contribution >= 4 is 49.3 Å². The summed E-state index contributed by atoms with van der Waals surface area (Å²) in [6.45, 7) is 0. The second kappa shape index (κ2) is 8.58. The highest BCUT2D eigenvalue weighted by molar-refractivity contribution is 7.21. The Morgan fingerprint density at radius 1 is 0.579 bits per heavy atom. The predicted molar refractivity (Wildman–Crippen MR) is 164 cm³/mol. The molecule has 2 aromatic heterocycles. The summed E-state index contributed by atoms with van der Waals surface area (Å²) in [7, 11) is 0. The third-order valence-electron chi connectivity index (χ3n) is 7.85. The van der Waals surface area contributed by atoms with E-state index in [9.17, 15) is 0 Å². The smallest absolute Gasteiger partial charge is 0.0555 e. The first-order chi connectivity index (χ1) is 18.8. The Kier molecular flexibility index (Phi) is 4.89. The van der Waals surface area contributed by atoms with Gasteiger partial charge in [0.15, 0.2) is 0 Å². The predicted octanol–water partition coefficient (Wildman–Crippen LogP) is 10.3. The van der Waals surface area contributed by atoms with Crippen molar-refractivity contribution in [3.8, 4) is 27.9 Å². The second-order valence-corrected chi connectivity index (χ2v) is 11.1. The van der Waals surface area contributed by atoms with E-state index in [1.54, 1.807) is 0 Å². The Labute approximate surface area is 225 Å². The molecule has 1 aliphatic carbocycles. The molecular formula is C36H25NS. The monoisotopic (exact) mass is 503 g/mol. The van der Waals surface area contributed by atoms with Gasteiger partial charge >= 0.3 is 0 Å². The standard InChI is InChI=1S/C36H25NS/c1-3-11-24(12-4-1)26-21-27(25-13-5-2-6-14-25)23-28(22-26)37-32-17-9-7-16-31(32)35-33(37)20-19-30-29-15-8-10-18-34(29)38-36(30)35/h1-7,9-14,16-23H,8,15H2. The largest absolute Gasteiger partial charge is 0.309 e. The lowest BCUT2D eigenvalue weighted by Gasteiger charge is -2.14. The van der Waals surface area contributed by atoms with E-state index in [1.807, 2.05) is 11.3 Å². The van der Waals surface area contributed by atoms with Crippen LogP contribution in [-0.2, 0) is 6.42 Å². The fourth-order valence-electron chi connectivity index (χ4n) is 6.10. The minimum absolute atomic E-state index is 1.13. The first-order valence-electron chi connectivity index (χ1n) is 13.3. The van der Waals surface area contributed by atoms with Crippen LogP contribution in [0.1, 0.15) is 16.9 Å².